The molecule has 9 nitrogen and oxygen atoms in total. The summed E-state index contributed by atoms with van der Waals surface area (Å²) in [6, 6.07) is 3.76. The molecule has 1 heterocycles. The van der Waals surface area contributed by atoms with Crippen molar-refractivity contribution >= 4 is 27.6 Å². The topological polar surface area (TPSA) is 102 Å². The summed E-state index contributed by atoms with van der Waals surface area (Å²) in [5.74, 6) is -0.134. The fourth-order valence-corrected chi connectivity index (χ4v) is 4.67. The summed E-state index contributed by atoms with van der Waals surface area (Å²) in [6.07, 6.45) is 2.00. The molecule has 0 N–H and O–H groups in total. The van der Waals surface area contributed by atoms with Gasteiger partial charge in [0.2, 0.25) is 15.9 Å². The third-order valence-corrected chi connectivity index (χ3v) is 6.26. The number of methoxy groups -OCH3 is 3. The van der Waals surface area contributed by atoms with E-state index in [1.54, 1.807) is 17.0 Å². The zero-order chi connectivity index (χ0) is 21.8. The van der Waals surface area contributed by atoms with E-state index in [-0.39, 0.29) is 23.5 Å². The Morgan fingerprint density at radius 3 is 2.24 bits per heavy atom. The van der Waals surface area contributed by atoms with E-state index in [0.717, 1.165) is 10.6 Å². The zero-order valence-corrected chi connectivity index (χ0v) is 18.2. The summed E-state index contributed by atoms with van der Waals surface area (Å²) in [6.45, 7) is 2.25. The van der Waals surface area contributed by atoms with E-state index in [4.69, 9.17) is 14.2 Å². The van der Waals surface area contributed by atoms with Gasteiger partial charge in [-0.3, -0.25) is 13.9 Å². The summed E-state index contributed by atoms with van der Waals surface area (Å²) in [5, 5.41) is 0. The first-order valence-electron chi connectivity index (χ1n) is 9.22. The third kappa shape index (κ3) is 5.11. The fraction of sp³-hybridized carbons (Fsp3) is 0.579. The van der Waals surface area contributed by atoms with Crippen LogP contribution in [-0.2, 0) is 24.3 Å². The van der Waals surface area contributed by atoms with Crippen LogP contribution in [-0.4, -0.2) is 71.9 Å². The maximum absolute atomic E-state index is 13.1. The number of piperidine rings is 1. The molecule has 0 spiro atoms. The molecule has 1 aliphatic heterocycles. The van der Waals surface area contributed by atoms with Gasteiger partial charge in [0.25, 0.3) is 0 Å². The van der Waals surface area contributed by atoms with Crippen LogP contribution in [0, 0.1) is 5.92 Å². The quantitative estimate of drug-likeness (QED) is 0.603. The van der Waals surface area contributed by atoms with Crippen LogP contribution in [0.5, 0.6) is 11.5 Å². The van der Waals surface area contributed by atoms with Gasteiger partial charge >= 0.3 is 5.97 Å². The molecule has 0 radical (unpaired) electrons. The number of carbonyl (C=O) groups is 2. The average molecular weight is 429 g/mol. The summed E-state index contributed by atoms with van der Waals surface area (Å²) < 4.78 is 41.5. The Morgan fingerprint density at radius 1 is 1.14 bits per heavy atom. The number of anilines is 1. The standard InChI is InChI=1S/C19H28N2O7S/c1-13(18(22)20-10-8-14(9-11-20)19(23)28-4)21(29(5,24)25)16-12-15(26-2)6-7-17(16)27-3/h6-7,12-14H,8-11H2,1-5H3/t13-/m1/s1. The van der Waals surface area contributed by atoms with Crippen molar-refractivity contribution in [1.82, 2.24) is 4.90 Å². The molecule has 1 fully saturated rings. The van der Waals surface area contributed by atoms with Gasteiger partial charge in [0.15, 0.2) is 0 Å². The molecule has 1 amide bonds. The SMILES string of the molecule is COC(=O)C1CCN(C(=O)[C@@H](C)N(c2cc(OC)ccc2OC)S(C)(=O)=O)CC1. The van der Waals surface area contributed by atoms with Gasteiger partial charge < -0.3 is 19.1 Å². The number of esters is 1. The van der Waals surface area contributed by atoms with Crippen molar-refractivity contribution in [3.8, 4) is 11.5 Å². The maximum Gasteiger partial charge on any atom is 0.308 e. The second-order valence-electron chi connectivity index (χ2n) is 6.90. The van der Waals surface area contributed by atoms with Gasteiger partial charge in [0.05, 0.1) is 39.2 Å². The van der Waals surface area contributed by atoms with E-state index in [2.05, 4.69) is 0 Å². The smallest absolute Gasteiger partial charge is 0.308 e. The molecule has 2 rings (SSSR count). The highest BCUT2D eigenvalue weighted by molar-refractivity contribution is 7.92. The number of carbonyl (C=O) groups excluding carboxylic acids is 2. The molecule has 162 valence electrons. The number of benzene rings is 1. The molecule has 1 aromatic rings. The number of likely N-dealkylation sites (tertiary alicyclic amines) is 1. The molecular weight excluding hydrogens is 400 g/mol. The first-order valence-corrected chi connectivity index (χ1v) is 11.1. The Kier molecular flexibility index (Phi) is 7.34. The lowest BCUT2D eigenvalue weighted by Gasteiger charge is -2.36. The van der Waals surface area contributed by atoms with Gasteiger partial charge in [-0.2, -0.15) is 0 Å². The van der Waals surface area contributed by atoms with Crippen LogP contribution in [0.4, 0.5) is 5.69 Å². The largest absolute Gasteiger partial charge is 0.497 e. The monoisotopic (exact) mass is 428 g/mol. The normalized spacial score (nSPS) is 16.1. The van der Waals surface area contributed by atoms with Crippen LogP contribution in [0.1, 0.15) is 19.8 Å². The van der Waals surface area contributed by atoms with Crippen molar-refractivity contribution in [3.05, 3.63) is 18.2 Å². The molecule has 0 bridgehead atoms. The van der Waals surface area contributed by atoms with E-state index in [1.807, 2.05) is 0 Å². The Labute approximate surface area is 171 Å². The Morgan fingerprint density at radius 2 is 1.76 bits per heavy atom. The van der Waals surface area contributed by atoms with Gasteiger partial charge in [-0.05, 0) is 31.9 Å². The minimum atomic E-state index is -3.81. The predicted molar refractivity (Wildman–Crippen MR) is 108 cm³/mol. The molecule has 0 saturated carbocycles. The molecule has 10 heteroatoms. The number of hydrogen-bond donors (Lipinski definition) is 0. The van der Waals surface area contributed by atoms with Crippen LogP contribution >= 0.6 is 0 Å². The van der Waals surface area contributed by atoms with Gasteiger partial charge in [0.1, 0.15) is 17.5 Å². The molecule has 1 saturated heterocycles. The highest BCUT2D eigenvalue weighted by Gasteiger charge is 2.36. The van der Waals surface area contributed by atoms with Crippen molar-refractivity contribution in [2.24, 2.45) is 5.92 Å². The van der Waals surface area contributed by atoms with Crippen molar-refractivity contribution in [2.45, 2.75) is 25.8 Å². The average Bonchev–Trinajstić information content (AvgIpc) is 2.71. The van der Waals surface area contributed by atoms with E-state index < -0.39 is 16.1 Å². The summed E-state index contributed by atoms with van der Waals surface area (Å²) >= 11 is 0. The number of ether oxygens (including phenoxy) is 3. The number of nitrogens with zero attached hydrogens (tertiary/aromatic N) is 2. The van der Waals surface area contributed by atoms with Crippen LogP contribution in [0.3, 0.4) is 0 Å². The van der Waals surface area contributed by atoms with Crippen LogP contribution in [0.2, 0.25) is 0 Å². The van der Waals surface area contributed by atoms with Crippen LogP contribution < -0.4 is 13.8 Å². The number of amides is 1. The Bertz CT molecular complexity index is 848. The lowest BCUT2D eigenvalue weighted by Crippen LogP contribution is -2.51. The van der Waals surface area contributed by atoms with Gasteiger partial charge in [-0.15, -0.1) is 0 Å². The number of rotatable bonds is 7. The fourth-order valence-electron chi connectivity index (χ4n) is 3.51. The summed E-state index contributed by atoms with van der Waals surface area (Å²) in [7, 11) is 0.425. The van der Waals surface area contributed by atoms with Crippen molar-refractivity contribution < 1.29 is 32.2 Å². The minimum absolute atomic E-state index is 0.222. The second kappa shape index (κ2) is 9.34. The molecule has 1 atom stereocenters. The minimum Gasteiger partial charge on any atom is -0.497 e. The second-order valence-corrected chi connectivity index (χ2v) is 8.75. The number of sulfonamides is 1. The molecule has 1 aliphatic rings. The van der Waals surface area contributed by atoms with Crippen LogP contribution in [0.15, 0.2) is 18.2 Å². The first-order chi connectivity index (χ1) is 13.6. The summed E-state index contributed by atoms with van der Waals surface area (Å²) in [4.78, 5) is 26.4. The molecule has 1 aromatic carbocycles. The Balaban J connectivity index is 2.30. The molecular formula is C19H28N2O7S. The molecule has 29 heavy (non-hydrogen) atoms. The van der Waals surface area contributed by atoms with E-state index in [0.29, 0.717) is 37.4 Å². The lowest BCUT2D eigenvalue weighted by molar-refractivity contribution is -0.149. The van der Waals surface area contributed by atoms with E-state index in [9.17, 15) is 18.0 Å². The maximum atomic E-state index is 13.1. The Hall–Kier alpha value is -2.49. The van der Waals surface area contributed by atoms with Crippen molar-refractivity contribution in [1.29, 1.82) is 0 Å². The lowest BCUT2D eigenvalue weighted by atomic mass is 9.96. The van der Waals surface area contributed by atoms with Gasteiger partial charge in [-0.25, -0.2) is 8.42 Å². The first kappa shape index (κ1) is 22.8. The molecule has 0 aromatic heterocycles. The highest BCUT2D eigenvalue weighted by Crippen LogP contribution is 2.35. The predicted octanol–water partition coefficient (Wildman–Crippen LogP) is 1.27. The third-order valence-electron chi connectivity index (χ3n) is 5.03. The number of hydrogen-bond acceptors (Lipinski definition) is 7. The highest BCUT2D eigenvalue weighted by atomic mass is 32.2. The molecule has 0 aliphatic carbocycles. The van der Waals surface area contributed by atoms with E-state index in [1.165, 1.54) is 34.3 Å². The zero-order valence-electron chi connectivity index (χ0n) is 17.4. The molecule has 0 unspecified atom stereocenters. The van der Waals surface area contributed by atoms with Crippen molar-refractivity contribution in [2.75, 3.05) is 45.0 Å². The van der Waals surface area contributed by atoms with Gasteiger partial charge in [0, 0.05) is 19.2 Å². The summed E-state index contributed by atoms with van der Waals surface area (Å²) in [5.41, 5.74) is 0.222. The van der Waals surface area contributed by atoms with Crippen LogP contribution in [0.25, 0.3) is 0 Å². The van der Waals surface area contributed by atoms with Gasteiger partial charge in [-0.1, -0.05) is 0 Å². The van der Waals surface area contributed by atoms with Crippen molar-refractivity contribution in [3.63, 3.8) is 0 Å². The van der Waals surface area contributed by atoms with E-state index >= 15 is 0 Å².